The van der Waals surface area contributed by atoms with E-state index in [2.05, 4.69) is 0 Å². The summed E-state index contributed by atoms with van der Waals surface area (Å²) in [6.45, 7) is -0.0955. The molecule has 102 valence electrons. The van der Waals surface area contributed by atoms with E-state index in [4.69, 9.17) is 0 Å². The Kier molecular flexibility index (Phi) is 2.63. The molecule has 0 amide bonds. The first kappa shape index (κ1) is 14.5. The molecule has 0 unspecified atom stereocenters. The fourth-order valence-electron chi connectivity index (χ4n) is 1.01. The molecule has 1 fully saturated rings. The fraction of sp³-hybridized carbons (Fsp3) is 0.800. The summed E-state index contributed by atoms with van der Waals surface area (Å²) < 4.78 is 117. The van der Waals surface area contributed by atoms with Crippen molar-refractivity contribution in [1.82, 2.24) is 0 Å². The second-order valence-corrected chi connectivity index (χ2v) is 7.63. The van der Waals surface area contributed by atoms with Crippen molar-refractivity contribution in [2.75, 3.05) is 0 Å². The van der Waals surface area contributed by atoms with Crippen molar-refractivity contribution < 1.29 is 43.2 Å². The van der Waals surface area contributed by atoms with Gasteiger partial charge in [-0.25, -0.2) is 0 Å². The predicted molar refractivity (Wildman–Crippen MR) is 41.6 cm³/mol. The van der Waals surface area contributed by atoms with Crippen LogP contribution in [0.5, 0.6) is 0 Å². The Labute approximate surface area is 91.4 Å². The van der Waals surface area contributed by atoms with Gasteiger partial charge in [0.1, 0.15) is 19.7 Å². The third-order valence-electron chi connectivity index (χ3n) is 2.16. The van der Waals surface area contributed by atoms with E-state index < -0.39 is 40.7 Å². The highest BCUT2D eigenvalue weighted by atomic mass is 32.3. The maximum Gasteiger partial charge on any atom is 0.395 e. The van der Waals surface area contributed by atoms with E-state index in [0.717, 1.165) is 0 Å². The van der Waals surface area contributed by atoms with Gasteiger partial charge in [0.2, 0.25) is 0 Å². The lowest BCUT2D eigenvalue weighted by molar-refractivity contribution is -0.245. The molecule has 0 radical (unpaired) electrons. The number of rotatable bonds is 0. The van der Waals surface area contributed by atoms with Crippen molar-refractivity contribution in [2.45, 2.75) is 23.4 Å². The van der Waals surface area contributed by atoms with E-state index in [-0.39, 0.29) is 6.92 Å². The number of hydrogen-bond donors (Lipinski definition) is 0. The predicted octanol–water partition coefficient (Wildman–Crippen LogP) is 1.16. The van der Waals surface area contributed by atoms with Crippen LogP contribution in [0.2, 0.25) is 0 Å². The molecule has 0 aromatic heterocycles. The molecular formula is C5H3F6O4S2-. The fourth-order valence-corrected chi connectivity index (χ4v) is 4.51. The van der Waals surface area contributed by atoms with Crippen molar-refractivity contribution in [1.29, 1.82) is 0 Å². The van der Waals surface area contributed by atoms with Gasteiger partial charge in [0, 0.05) is 0 Å². The van der Waals surface area contributed by atoms with Gasteiger partial charge < -0.3 is 0 Å². The largest absolute Gasteiger partial charge is 0.395 e. The van der Waals surface area contributed by atoms with Gasteiger partial charge in [0.05, 0.1) is 0 Å². The van der Waals surface area contributed by atoms with Crippen LogP contribution in [0, 0.1) is 4.58 Å². The molecule has 1 saturated heterocycles. The lowest BCUT2D eigenvalue weighted by atomic mass is 10.3. The standard InChI is InChI=1S/C5H3F6O4S2/c1-2-16(12,13)4(8,9)3(6,7)5(10,11)17(2,14)15/h1H3/q-1. The lowest BCUT2D eigenvalue weighted by Crippen LogP contribution is -2.67. The summed E-state index contributed by atoms with van der Waals surface area (Å²) in [6, 6.07) is 0. The van der Waals surface area contributed by atoms with Gasteiger partial charge in [0.15, 0.2) is 0 Å². The maximum atomic E-state index is 12.7. The molecule has 0 saturated carbocycles. The molecule has 1 rings (SSSR count). The van der Waals surface area contributed by atoms with Crippen molar-refractivity contribution in [3.05, 3.63) is 4.58 Å². The van der Waals surface area contributed by atoms with E-state index in [1.807, 2.05) is 0 Å². The first-order valence-corrected chi connectivity index (χ1v) is 6.58. The van der Waals surface area contributed by atoms with E-state index in [1.165, 1.54) is 0 Å². The maximum absolute atomic E-state index is 12.7. The van der Waals surface area contributed by atoms with Gasteiger partial charge in [-0.3, -0.25) is 16.8 Å². The second-order valence-electron chi connectivity index (χ2n) is 3.11. The minimum Gasteiger partial charge on any atom is -0.255 e. The summed E-state index contributed by atoms with van der Waals surface area (Å²) in [4.78, 5) is 0. The quantitative estimate of drug-likeness (QED) is 0.497. The van der Waals surface area contributed by atoms with Crippen LogP contribution in [0.15, 0.2) is 0 Å². The molecule has 0 N–H and O–H groups in total. The molecule has 0 spiro atoms. The molecule has 0 atom stereocenters. The van der Waals surface area contributed by atoms with E-state index in [9.17, 15) is 43.2 Å². The minimum absolute atomic E-state index is 0.0955. The van der Waals surface area contributed by atoms with Crippen LogP contribution in [0.1, 0.15) is 6.92 Å². The van der Waals surface area contributed by atoms with Crippen LogP contribution in [0.25, 0.3) is 0 Å². The highest BCUT2D eigenvalue weighted by molar-refractivity contribution is 8.14. The summed E-state index contributed by atoms with van der Waals surface area (Å²) in [7, 11) is -12.7. The summed E-state index contributed by atoms with van der Waals surface area (Å²) >= 11 is 0. The summed E-state index contributed by atoms with van der Waals surface area (Å²) in [5.74, 6) is -6.54. The Morgan fingerprint density at radius 3 is 1.24 bits per heavy atom. The topological polar surface area (TPSA) is 68.3 Å². The lowest BCUT2D eigenvalue weighted by Gasteiger charge is -2.45. The Bertz CT molecular complexity index is 499. The van der Waals surface area contributed by atoms with Crippen molar-refractivity contribution >= 4 is 19.7 Å². The van der Waals surface area contributed by atoms with Crippen molar-refractivity contribution in [2.24, 2.45) is 0 Å². The molecule has 0 aliphatic carbocycles. The zero-order valence-corrected chi connectivity index (χ0v) is 9.35. The van der Waals surface area contributed by atoms with Crippen molar-refractivity contribution in [3.8, 4) is 0 Å². The monoisotopic (exact) mass is 305 g/mol. The molecule has 1 aliphatic heterocycles. The Morgan fingerprint density at radius 2 is 1.00 bits per heavy atom. The van der Waals surface area contributed by atoms with Crippen LogP contribution in [0.3, 0.4) is 0 Å². The molecule has 12 heteroatoms. The van der Waals surface area contributed by atoms with E-state index >= 15 is 0 Å². The number of hydrogen-bond acceptors (Lipinski definition) is 4. The zero-order valence-electron chi connectivity index (χ0n) is 7.72. The van der Waals surface area contributed by atoms with E-state index in [1.54, 1.807) is 0 Å². The van der Waals surface area contributed by atoms with Gasteiger partial charge in [-0.1, -0.05) is 4.58 Å². The molecule has 17 heavy (non-hydrogen) atoms. The minimum atomic E-state index is -6.54. The molecule has 0 bridgehead atoms. The Hall–Kier alpha value is -0.520. The first-order valence-electron chi connectivity index (χ1n) is 3.62. The van der Waals surface area contributed by atoms with Crippen LogP contribution in [-0.4, -0.2) is 33.3 Å². The molecule has 4 nitrogen and oxygen atoms in total. The first-order chi connectivity index (χ1) is 7.15. The number of alkyl halides is 6. The van der Waals surface area contributed by atoms with Gasteiger partial charge in [-0.2, -0.15) is 33.3 Å². The Balaban J connectivity index is 3.82. The average molecular weight is 305 g/mol. The van der Waals surface area contributed by atoms with Crippen LogP contribution >= 0.6 is 0 Å². The van der Waals surface area contributed by atoms with Gasteiger partial charge in [-0.15, -0.1) is 0 Å². The zero-order chi connectivity index (χ0) is 14.1. The average Bonchev–Trinajstić information content (AvgIpc) is 2.13. The normalized spacial score (nSPS) is 33.1. The second kappa shape index (κ2) is 3.08. The summed E-state index contributed by atoms with van der Waals surface area (Å²) in [5, 5.41) is -12.4. The van der Waals surface area contributed by atoms with Gasteiger partial charge in [-0.05, 0) is 0 Å². The van der Waals surface area contributed by atoms with Crippen LogP contribution < -0.4 is 0 Å². The molecular weight excluding hydrogens is 302 g/mol. The molecule has 0 aromatic rings. The van der Waals surface area contributed by atoms with E-state index in [0.29, 0.717) is 0 Å². The molecule has 1 heterocycles. The highest BCUT2D eigenvalue weighted by Gasteiger charge is 2.83. The third-order valence-corrected chi connectivity index (χ3v) is 6.86. The molecule has 1 aliphatic rings. The molecule has 0 aromatic carbocycles. The smallest absolute Gasteiger partial charge is 0.255 e. The van der Waals surface area contributed by atoms with Crippen molar-refractivity contribution in [3.63, 3.8) is 0 Å². The summed E-state index contributed by atoms with van der Waals surface area (Å²) in [6.07, 6.45) is 0. The van der Waals surface area contributed by atoms with Gasteiger partial charge >= 0.3 is 16.4 Å². The SMILES string of the molecule is C[C-]1S(=O)(=O)C(F)(F)C(F)(F)C(F)(F)S1(=O)=O. The highest BCUT2D eigenvalue weighted by Crippen LogP contribution is 2.59. The van der Waals surface area contributed by atoms with Crippen LogP contribution in [0.4, 0.5) is 26.3 Å². The number of halogens is 6. The Morgan fingerprint density at radius 1 is 0.765 bits per heavy atom. The third kappa shape index (κ3) is 1.25. The number of sulfone groups is 2. The van der Waals surface area contributed by atoms with Crippen LogP contribution in [-0.2, 0) is 19.7 Å². The van der Waals surface area contributed by atoms with Gasteiger partial charge in [0.25, 0.3) is 0 Å². The summed E-state index contributed by atoms with van der Waals surface area (Å²) in [5.41, 5.74) is 0.